The van der Waals surface area contributed by atoms with Crippen molar-refractivity contribution in [3.05, 3.63) is 0 Å². The first-order valence-electron chi connectivity index (χ1n) is 8.89. The molecule has 0 aromatic carbocycles. The fourth-order valence-corrected chi connectivity index (χ4v) is 3.88. The van der Waals surface area contributed by atoms with Gasteiger partial charge in [-0.25, -0.2) is 0 Å². The highest BCUT2D eigenvalue weighted by Crippen LogP contribution is 2.54. The minimum Gasteiger partial charge on any atom is -0.392 e. The molecule has 2 N–H and O–H groups in total. The first-order valence-corrected chi connectivity index (χ1v) is 8.89. The fraction of sp³-hybridized carbons (Fsp3) is 0.842. The maximum atomic E-state index is 11.8. The van der Waals surface area contributed by atoms with Gasteiger partial charge in [0, 0.05) is 11.8 Å². The molecule has 124 valence electrons. The minimum atomic E-state index is -0.599. The highest BCUT2D eigenvalue weighted by Gasteiger charge is 2.57. The molecule has 0 spiro atoms. The average Bonchev–Trinajstić information content (AvgIpc) is 2.50. The normalized spacial score (nSPS) is 35.1. The maximum absolute atomic E-state index is 11.8. The van der Waals surface area contributed by atoms with Crippen LogP contribution in [-0.4, -0.2) is 28.2 Å². The molecule has 3 nitrogen and oxygen atoms in total. The monoisotopic (exact) mass is 306 g/mol. The van der Waals surface area contributed by atoms with Crippen molar-refractivity contribution in [2.45, 2.75) is 83.8 Å². The molecule has 0 bridgehead atoms. The quantitative estimate of drug-likeness (QED) is 0.586. The van der Waals surface area contributed by atoms with Crippen molar-refractivity contribution in [3.8, 4) is 11.8 Å². The van der Waals surface area contributed by atoms with Gasteiger partial charge in [-0.1, -0.05) is 51.4 Å². The van der Waals surface area contributed by atoms with Gasteiger partial charge in [-0.2, -0.15) is 0 Å². The standard InChI is InChI=1S/C19H30O3/c1-3-4-5-6-7-8-14(20)9-10-15-16-13-18(22)19(16,2)12-11-17(15)21/h14-17,20-21H,3-8,11-13H2,1-2H3/t14-,15-,16-,17-,19+/m0/s1. The second kappa shape index (κ2) is 7.62. The molecule has 0 heterocycles. The molecule has 2 saturated carbocycles. The van der Waals surface area contributed by atoms with Crippen molar-refractivity contribution in [3.63, 3.8) is 0 Å². The van der Waals surface area contributed by atoms with Gasteiger partial charge in [0.1, 0.15) is 11.9 Å². The SMILES string of the molecule is CCCCCCC[C@H](O)C#C[C@@H]1[C@@H](O)CC[C@@]2(C)C(=O)C[C@@H]12. The highest BCUT2D eigenvalue weighted by molar-refractivity contribution is 5.91. The summed E-state index contributed by atoms with van der Waals surface area (Å²) in [5.41, 5.74) is -0.274. The molecule has 0 aliphatic heterocycles. The Morgan fingerprint density at radius 1 is 1.32 bits per heavy atom. The van der Waals surface area contributed by atoms with E-state index in [2.05, 4.69) is 18.8 Å². The average molecular weight is 306 g/mol. The van der Waals surface area contributed by atoms with Crippen molar-refractivity contribution in [1.29, 1.82) is 0 Å². The molecule has 0 radical (unpaired) electrons. The van der Waals surface area contributed by atoms with Crippen molar-refractivity contribution in [2.24, 2.45) is 17.3 Å². The molecule has 0 amide bonds. The van der Waals surface area contributed by atoms with Gasteiger partial charge in [0.05, 0.1) is 12.0 Å². The first kappa shape index (κ1) is 17.5. The van der Waals surface area contributed by atoms with Crippen LogP contribution in [0.25, 0.3) is 0 Å². The zero-order chi connectivity index (χ0) is 16.2. The molecule has 0 unspecified atom stereocenters. The van der Waals surface area contributed by atoms with Crippen LogP contribution in [-0.2, 0) is 4.79 Å². The third-order valence-corrected chi connectivity index (χ3v) is 5.67. The van der Waals surface area contributed by atoms with E-state index in [9.17, 15) is 15.0 Å². The summed E-state index contributed by atoms with van der Waals surface area (Å²) >= 11 is 0. The first-order chi connectivity index (χ1) is 10.5. The number of carbonyl (C=O) groups is 1. The predicted octanol–water partition coefficient (Wildman–Crippen LogP) is 3.08. The molecule has 0 saturated heterocycles. The fourth-order valence-electron chi connectivity index (χ4n) is 3.88. The van der Waals surface area contributed by atoms with E-state index in [1.165, 1.54) is 19.3 Å². The number of unbranched alkanes of at least 4 members (excludes halogenated alkanes) is 4. The van der Waals surface area contributed by atoms with Gasteiger partial charge in [-0.15, -0.1) is 0 Å². The third kappa shape index (κ3) is 3.73. The molecular formula is C19H30O3. The van der Waals surface area contributed by atoms with E-state index in [0.717, 1.165) is 19.3 Å². The van der Waals surface area contributed by atoms with Crippen molar-refractivity contribution in [2.75, 3.05) is 0 Å². The number of hydrogen-bond donors (Lipinski definition) is 2. The lowest BCUT2D eigenvalue weighted by Gasteiger charge is -2.52. The Kier molecular flexibility index (Phi) is 6.06. The topological polar surface area (TPSA) is 57.5 Å². The van der Waals surface area contributed by atoms with Gasteiger partial charge in [-0.05, 0) is 31.6 Å². The van der Waals surface area contributed by atoms with Crippen LogP contribution in [0.1, 0.15) is 71.6 Å². The van der Waals surface area contributed by atoms with Gasteiger partial charge >= 0.3 is 0 Å². The van der Waals surface area contributed by atoms with E-state index < -0.39 is 12.2 Å². The lowest BCUT2D eigenvalue weighted by molar-refractivity contribution is -0.156. The molecule has 3 heteroatoms. The number of ketones is 1. The van der Waals surface area contributed by atoms with E-state index in [1.807, 2.05) is 6.92 Å². The van der Waals surface area contributed by atoms with Crippen LogP contribution in [0, 0.1) is 29.1 Å². The molecular weight excluding hydrogens is 276 g/mol. The van der Waals surface area contributed by atoms with Gasteiger partial charge in [0.2, 0.25) is 0 Å². The van der Waals surface area contributed by atoms with E-state index in [-0.39, 0.29) is 17.3 Å². The Labute approximate surface area is 134 Å². The summed E-state index contributed by atoms with van der Waals surface area (Å²) in [6.07, 6.45) is 7.47. The smallest absolute Gasteiger partial charge is 0.139 e. The molecule has 0 aromatic rings. The van der Waals surface area contributed by atoms with E-state index in [1.54, 1.807) is 0 Å². The second-order valence-corrected chi connectivity index (χ2v) is 7.29. The number of fused-ring (bicyclic) bond motifs is 1. The second-order valence-electron chi connectivity index (χ2n) is 7.29. The number of aliphatic hydroxyl groups excluding tert-OH is 2. The molecule has 2 aliphatic rings. The summed E-state index contributed by atoms with van der Waals surface area (Å²) < 4.78 is 0. The zero-order valence-corrected chi connectivity index (χ0v) is 14.0. The number of Topliss-reactive ketones (excluding diaryl/α,β-unsaturated/α-hetero) is 1. The largest absolute Gasteiger partial charge is 0.392 e. The van der Waals surface area contributed by atoms with Crippen molar-refractivity contribution in [1.82, 2.24) is 0 Å². The number of aliphatic hydroxyl groups is 2. The van der Waals surface area contributed by atoms with Crippen LogP contribution < -0.4 is 0 Å². The van der Waals surface area contributed by atoms with Gasteiger partial charge < -0.3 is 10.2 Å². The third-order valence-electron chi connectivity index (χ3n) is 5.67. The molecule has 0 aromatic heterocycles. The maximum Gasteiger partial charge on any atom is 0.139 e. The van der Waals surface area contributed by atoms with E-state index >= 15 is 0 Å². The summed E-state index contributed by atoms with van der Waals surface area (Å²) in [5, 5.41) is 20.2. The number of rotatable bonds is 6. The number of carbonyl (C=O) groups excluding carboxylic acids is 1. The summed E-state index contributed by atoms with van der Waals surface area (Å²) in [4.78, 5) is 11.8. The lowest BCUT2D eigenvalue weighted by atomic mass is 9.50. The summed E-state index contributed by atoms with van der Waals surface area (Å²) in [6, 6.07) is 0. The Bertz CT molecular complexity index is 447. The summed E-state index contributed by atoms with van der Waals surface area (Å²) in [6.45, 7) is 4.20. The van der Waals surface area contributed by atoms with Crippen molar-refractivity contribution >= 4 is 5.78 Å². The Hall–Kier alpha value is -0.850. The minimum absolute atomic E-state index is 0.147. The molecule has 22 heavy (non-hydrogen) atoms. The summed E-state index contributed by atoms with van der Waals surface area (Å²) in [5.74, 6) is 6.36. The number of hydrogen-bond acceptors (Lipinski definition) is 3. The predicted molar refractivity (Wildman–Crippen MR) is 87.1 cm³/mol. The molecule has 2 aliphatic carbocycles. The van der Waals surface area contributed by atoms with Crippen LogP contribution in [0.5, 0.6) is 0 Å². The van der Waals surface area contributed by atoms with Gasteiger partial charge in [0.25, 0.3) is 0 Å². The Morgan fingerprint density at radius 2 is 2.05 bits per heavy atom. The van der Waals surface area contributed by atoms with Crippen molar-refractivity contribution < 1.29 is 15.0 Å². The van der Waals surface area contributed by atoms with Crippen LogP contribution in [0.15, 0.2) is 0 Å². The Morgan fingerprint density at radius 3 is 2.73 bits per heavy atom. The van der Waals surface area contributed by atoms with Gasteiger partial charge in [0.15, 0.2) is 0 Å². The van der Waals surface area contributed by atoms with E-state index in [0.29, 0.717) is 25.0 Å². The molecule has 2 rings (SSSR count). The highest BCUT2D eigenvalue weighted by atomic mass is 16.3. The summed E-state index contributed by atoms with van der Waals surface area (Å²) in [7, 11) is 0. The van der Waals surface area contributed by atoms with Crippen LogP contribution in [0.3, 0.4) is 0 Å². The van der Waals surface area contributed by atoms with Gasteiger partial charge in [-0.3, -0.25) is 4.79 Å². The lowest BCUT2D eigenvalue weighted by Crippen LogP contribution is -2.56. The molecule has 2 fully saturated rings. The van der Waals surface area contributed by atoms with Crippen LogP contribution >= 0.6 is 0 Å². The van der Waals surface area contributed by atoms with Crippen LogP contribution in [0.4, 0.5) is 0 Å². The van der Waals surface area contributed by atoms with E-state index in [4.69, 9.17) is 0 Å². The molecule has 5 atom stereocenters. The Balaban J connectivity index is 1.83. The van der Waals surface area contributed by atoms with Crippen LogP contribution in [0.2, 0.25) is 0 Å². The zero-order valence-electron chi connectivity index (χ0n) is 14.0.